The Morgan fingerprint density at radius 3 is 2.50 bits per heavy atom. The van der Waals surface area contributed by atoms with E-state index in [1.165, 1.54) is 7.05 Å². The molecule has 0 aromatic carbocycles. The maximum atomic E-state index is 10.7. The summed E-state index contributed by atoms with van der Waals surface area (Å²) in [6.45, 7) is 0. The van der Waals surface area contributed by atoms with Crippen LogP contribution >= 0.6 is 0 Å². The highest BCUT2D eigenvalue weighted by atomic mass is 32.2. The minimum absolute atomic E-state index is 0.166. The second kappa shape index (κ2) is 2.68. The Morgan fingerprint density at radius 1 is 1.67 bits per heavy atom. The van der Waals surface area contributed by atoms with Gasteiger partial charge in [-0.3, -0.25) is 9.48 Å². The van der Waals surface area contributed by atoms with Crippen LogP contribution in [-0.4, -0.2) is 24.5 Å². The molecule has 0 saturated carbocycles. The Morgan fingerprint density at radius 2 is 2.25 bits per heavy atom. The first-order valence-electron chi connectivity index (χ1n) is 2.97. The van der Waals surface area contributed by atoms with E-state index >= 15 is 0 Å². The predicted octanol–water partition coefficient (Wildman–Crippen LogP) is -1.12. The van der Waals surface area contributed by atoms with Crippen LogP contribution in [0.1, 0.15) is 10.5 Å². The number of aryl methyl sites for hydroxylation is 1. The second-order valence-electron chi connectivity index (χ2n) is 2.19. The summed E-state index contributed by atoms with van der Waals surface area (Å²) in [7, 11) is -2.35. The van der Waals surface area contributed by atoms with Gasteiger partial charge in [0.25, 0.3) is 10.0 Å². The van der Waals surface area contributed by atoms with Gasteiger partial charge in [0.1, 0.15) is 5.69 Å². The molecule has 0 radical (unpaired) electrons. The first-order chi connectivity index (χ1) is 5.45. The minimum atomic E-state index is -3.81. The molecule has 1 rings (SSSR count). The fourth-order valence-electron chi connectivity index (χ4n) is 0.704. The lowest BCUT2D eigenvalue weighted by Gasteiger charge is -1.88. The van der Waals surface area contributed by atoms with Crippen LogP contribution in [0.5, 0.6) is 0 Å². The largest absolute Gasteiger partial charge is 0.296 e. The molecule has 0 aliphatic carbocycles. The lowest BCUT2D eigenvalue weighted by Crippen LogP contribution is -2.13. The van der Waals surface area contributed by atoms with E-state index in [1.54, 1.807) is 0 Å². The van der Waals surface area contributed by atoms with Crippen molar-refractivity contribution in [2.75, 3.05) is 0 Å². The molecule has 0 unspecified atom stereocenters. The maximum absolute atomic E-state index is 10.7. The predicted molar refractivity (Wildman–Crippen MR) is 40.0 cm³/mol. The van der Waals surface area contributed by atoms with Crippen molar-refractivity contribution < 1.29 is 13.2 Å². The standard InChI is InChI=1S/C5H7N3O3S/c1-8-4(3-9)2-5(7-8)12(6,10)11/h2-3H,1H3,(H2,6,10,11). The van der Waals surface area contributed by atoms with Crippen molar-refractivity contribution in [3.63, 3.8) is 0 Å². The topological polar surface area (TPSA) is 95.1 Å². The number of aromatic nitrogens is 2. The van der Waals surface area contributed by atoms with Gasteiger partial charge in [-0.2, -0.15) is 5.10 Å². The van der Waals surface area contributed by atoms with E-state index in [2.05, 4.69) is 5.10 Å². The number of carbonyl (C=O) groups excluding carboxylic acids is 1. The van der Waals surface area contributed by atoms with Crippen LogP contribution in [0.3, 0.4) is 0 Å². The van der Waals surface area contributed by atoms with Crippen LogP contribution in [-0.2, 0) is 17.1 Å². The molecule has 0 aliphatic rings. The molecule has 0 saturated heterocycles. The maximum Gasteiger partial charge on any atom is 0.257 e. The molecular formula is C5H7N3O3S. The van der Waals surface area contributed by atoms with Crippen molar-refractivity contribution in [1.82, 2.24) is 9.78 Å². The van der Waals surface area contributed by atoms with Gasteiger partial charge in [-0.15, -0.1) is 0 Å². The van der Waals surface area contributed by atoms with Crippen LogP contribution in [0.4, 0.5) is 0 Å². The van der Waals surface area contributed by atoms with Gasteiger partial charge in [-0.25, -0.2) is 13.6 Å². The first-order valence-corrected chi connectivity index (χ1v) is 4.52. The van der Waals surface area contributed by atoms with Gasteiger partial charge < -0.3 is 0 Å². The summed E-state index contributed by atoms with van der Waals surface area (Å²) < 4.78 is 22.5. The number of hydrogen-bond donors (Lipinski definition) is 1. The summed E-state index contributed by atoms with van der Waals surface area (Å²) in [5.41, 5.74) is 0.166. The average molecular weight is 189 g/mol. The van der Waals surface area contributed by atoms with Gasteiger partial charge in [0.2, 0.25) is 0 Å². The molecule has 6 nitrogen and oxygen atoms in total. The molecule has 0 amide bonds. The zero-order valence-corrected chi connectivity index (χ0v) is 7.08. The van der Waals surface area contributed by atoms with E-state index in [0.717, 1.165) is 10.7 Å². The van der Waals surface area contributed by atoms with Crippen molar-refractivity contribution in [3.05, 3.63) is 11.8 Å². The summed E-state index contributed by atoms with van der Waals surface area (Å²) in [5, 5.41) is 8.00. The fraction of sp³-hybridized carbons (Fsp3) is 0.200. The smallest absolute Gasteiger partial charge is 0.257 e. The summed E-state index contributed by atoms with van der Waals surface area (Å²) in [4.78, 5) is 10.3. The highest BCUT2D eigenvalue weighted by molar-refractivity contribution is 7.89. The Bertz CT molecular complexity index is 406. The lowest BCUT2D eigenvalue weighted by atomic mass is 10.5. The van der Waals surface area contributed by atoms with Crippen LogP contribution in [0, 0.1) is 0 Å². The van der Waals surface area contributed by atoms with Gasteiger partial charge in [-0.05, 0) is 0 Å². The summed E-state index contributed by atoms with van der Waals surface area (Å²) in [5.74, 6) is 0. The van der Waals surface area contributed by atoms with Gasteiger partial charge >= 0.3 is 0 Å². The van der Waals surface area contributed by atoms with Crippen molar-refractivity contribution >= 4 is 16.3 Å². The van der Waals surface area contributed by atoms with Gasteiger partial charge in [0.15, 0.2) is 11.3 Å². The van der Waals surface area contributed by atoms with E-state index in [1.807, 2.05) is 0 Å². The Kier molecular flexibility index (Phi) is 1.99. The van der Waals surface area contributed by atoms with Crippen molar-refractivity contribution in [1.29, 1.82) is 0 Å². The number of sulfonamides is 1. The van der Waals surface area contributed by atoms with Crippen molar-refractivity contribution in [3.8, 4) is 0 Å². The highest BCUT2D eigenvalue weighted by Gasteiger charge is 2.13. The second-order valence-corrected chi connectivity index (χ2v) is 3.70. The van der Waals surface area contributed by atoms with Crippen molar-refractivity contribution in [2.45, 2.75) is 5.03 Å². The summed E-state index contributed by atoms with van der Waals surface area (Å²) in [6.07, 6.45) is 0.502. The number of carbonyl (C=O) groups is 1. The van der Waals surface area contributed by atoms with Crippen LogP contribution in [0.25, 0.3) is 0 Å². The van der Waals surface area contributed by atoms with E-state index in [0.29, 0.717) is 6.29 Å². The fourth-order valence-corrected chi connectivity index (χ4v) is 1.22. The van der Waals surface area contributed by atoms with Gasteiger partial charge in [-0.1, -0.05) is 0 Å². The molecule has 0 fully saturated rings. The van der Waals surface area contributed by atoms with Crippen molar-refractivity contribution in [2.24, 2.45) is 12.2 Å². The molecule has 7 heteroatoms. The van der Waals surface area contributed by atoms with Gasteiger partial charge in [0, 0.05) is 13.1 Å². The number of primary sulfonamides is 1. The lowest BCUT2D eigenvalue weighted by molar-refractivity contribution is 0.111. The SMILES string of the molecule is Cn1nc(S(N)(=O)=O)cc1C=O. The molecule has 12 heavy (non-hydrogen) atoms. The molecule has 0 atom stereocenters. The molecular weight excluding hydrogens is 182 g/mol. The van der Waals surface area contributed by atoms with Crippen LogP contribution < -0.4 is 5.14 Å². The third-order valence-corrected chi connectivity index (χ3v) is 2.09. The number of aldehydes is 1. The zero-order valence-electron chi connectivity index (χ0n) is 6.26. The molecule has 0 spiro atoms. The molecule has 66 valence electrons. The van der Waals surface area contributed by atoms with E-state index < -0.39 is 10.0 Å². The van der Waals surface area contributed by atoms with Gasteiger partial charge in [0.05, 0.1) is 0 Å². The zero-order chi connectivity index (χ0) is 9.35. The molecule has 0 bridgehead atoms. The monoisotopic (exact) mass is 189 g/mol. The molecule has 2 N–H and O–H groups in total. The number of nitrogens with zero attached hydrogens (tertiary/aromatic N) is 2. The van der Waals surface area contributed by atoms with E-state index in [-0.39, 0.29) is 10.7 Å². The number of hydrogen-bond acceptors (Lipinski definition) is 4. The Hall–Kier alpha value is -1.21. The van der Waals surface area contributed by atoms with Crippen LogP contribution in [0.15, 0.2) is 11.1 Å². The van der Waals surface area contributed by atoms with Crippen LogP contribution in [0.2, 0.25) is 0 Å². The Balaban J connectivity index is 3.32. The average Bonchev–Trinajstić information content (AvgIpc) is 2.29. The van der Waals surface area contributed by atoms with E-state index in [4.69, 9.17) is 5.14 Å². The minimum Gasteiger partial charge on any atom is -0.296 e. The summed E-state index contributed by atoms with van der Waals surface area (Å²) >= 11 is 0. The van der Waals surface area contributed by atoms with E-state index in [9.17, 15) is 13.2 Å². The number of nitrogens with two attached hydrogens (primary N) is 1. The highest BCUT2D eigenvalue weighted by Crippen LogP contribution is 2.04. The number of rotatable bonds is 2. The quantitative estimate of drug-likeness (QED) is 0.596. The third kappa shape index (κ3) is 1.51. The molecule has 0 aliphatic heterocycles. The first kappa shape index (κ1) is 8.88. The summed E-state index contributed by atoms with van der Waals surface area (Å²) in [6, 6.07) is 1.11. The molecule has 1 heterocycles. The normalized spacial score (nSPS) is 11.5. The molecule has 1 aromatic rings. The molecule has 1 aromatic heterocycles. The Labute approximate surface area is 69.0 Å². The third-order valence-electron chi connectivity index (χ3n) is 1.31.